The zero-order valence-corrected chi connectivity index (χ0v) is 12.2. The van der Waals surface area contributed by atoms with E-state index in [2.05, 4.69) is 12.2 Å². The van der Waals surface area contributed by atoms with E-state index in [1.165, 1.54) is 0 Å². The van der Waals surface area contributed by atoms with Gasteiger partial charge in [0.15, 0.2) is 0 Å². The van der Waals surface area contributed by atoms with Gasteiger partial charge in [-0.15, -0.1) is 0 Å². The molecule has 18 heavy (non-hydrogen) atoms. The fourth-order valence-corrected chi connectivity index (χ4v) is 2.47. The average molecular weight is 256 g/mol. The number of rotatable bonds is 5. The second-order valence-corrected chi connectivity index (χ2v) is 5.91. The molecule has 1 atom stereocenters. The number of carbonyl (C=O) groups is 1. The standard InChI is InChI=1S/C14H28N2O2/c1-5-13(3,18-4)12(17)16-14(10-15)8-6-11(2)7-9-14/h11H,5-10,15H2,1-4H3,(H,16,17). The van der Waals surface area contributed by atoms with Gasteiger partial charge in [0.1, 0.15) is 5.60 Å². The lowest BCUT2D eigenvalue weighted by molar-refractivity contribution is -0.144. The van der Waals surface area contributed by atoms with Crippen molar-refractivity contribution in [2.45, 2.75) is 64.0 Å². The van der Waals surface area contributed by atoms with Gasteiger partial charge in [0.25, 0.3) is 5.91 Å². The van der Waals surface area contributed by atoms with Crippen molar-refractivity contribution in [1.29, 1.82) is 0 Å². The van der Waals surface area contributed by atoms with Crippen LogP contribution < -0.4 is 11.1 Å². The van der Waals surface area contributed by atoms with Gasteiger partial charge in [0, 0.05) is 13.7 Å². The predicted octanol–water partition coefficient (Wildman–Crippen LogP) is 1.83. The number of nitrogens with two attached hydrogens (primary N) is 1. The molecule has 1 saturated carbocycles. The molecule has 4 nitrogen and oxygen atoms in total. The molecular formula is C14H28N2O2. The summed E-state index contributed by atoms with van der Waals surface area (Å²) in [6, 6.07) is 0. The van der Waals surface area contributed by atoms with E-state index in [9.17, 15) is 4.79 Å². The molecule has 0 radical (unpaired) electrons. The zero-order valence-electron chi connectivity index (χ0n) is 12.2. The molecule has 0 aromatic rings. The summed E-state index contributed by atoms with van der Waals surface area (Å²) in [5.74, 6) is 0.703. The first-order chi connectivity index (χ1) is 8.41. The van der Waals surface area contributed by atoms with Gasteiger partial charge in [-0.25, -0.2) is 0 Å². The van der Waals surface area contributed by atoms with Crippen LogP contribution in [0.25, 0.3) is 0 Å². The van der Waals surface area contributed by atoms with Crippen molar-refractivity contribution in [3.63, 3.8) is 0 Å². The molecule has 1 unspecified atom stereocenters. The van der Waals surface area contributed by atoms with E-state index in [-0.39, 0.29) is 11.4 Å². The van der Waals surface area contributed by atoms with E-state index >= 15 is 0 Å². The summed E-state index contributed by atoms with van der Waals surface area (Å²) in [4.78, 5) is 12.3. The number of hydrogen-bond acceptors (Lipinski definition) is 3. The molecule has 0 saturated heterocycles. The number of hydrogen-bond donors (Lipinski definition) is 2. The molecule has 1 rings (SSSR count). The summed E-state index contributed by atoms with van der Waals surface area (Å²) in [7, 11) is 1.58. The minimum atomic E-state index is -0.745. The van der Waals surface area contributed by atoms with Crippen LogP contribution in [0.1, 0.15) is 52.9 Å². The van der Waals surface area contributed by atoms with Crippen molar-refractivity contribution >= 4 is 5.91 Å². The summed E-state index contributed by atoms with van der Waals surface area (Å²) in [6.45, 7) is 6.56. The van der Waals surface area contributed by atoms with Crippen molar-refractivity contribution in [2.24, 2.45) is 11.7 Å². The predicted molar refractivity (Wildman–Crippen MR) is 73.3 cm³/mol. The molecule has 3 N–H and O–H groups in total. The number of carbonyl (C=O) groups excluding carboxylic acids is 1. The molecule has 0 spiro atoms. The lowest BCUT2D eigenvalue weighted by atomic mass is 9.76. The van der Waals surface area contributed by atoms with Gasteiger partial charge in [-0.05, 0) is 44.9 Å². The lowest BCUT2D eigenvalue weighted by Gasteiger charge is -2.41. The van der Waals surface area contributed by atoms with Gasteiger partial charge in [-0.2, -0.15) is 0 Å². The van der Waals surface area contributed by atoms with E-state index in [4.69, 9.17) is 10.5 Å². The van der Waals surface area contributed by atoms with Crippen LogP contribution in [0, 0.1) is 5.92 Å². The molecule has 1 fully saturated rings. The van der Waals surface area contributed by atoms with Gasteiger partial charge < -0.3 is 15.8 Å². The van der Waals surface area contributed by atoms with Crippen LogP contribution in [0.4, 0.5) is 0 Å². The SMILES string of the molecule is CCC(C)(OC)C(=O)NC1(CN)CCC(C)CC1. The highest BCUT2D eigenvalue weighted by molar-refractivity contribution is 5.85. The Labute approximate surface area is 111 Å². The Morgan fingerprint density at radius 2 is 2.06 bits per heavy atom. The quantitative estimate of drug-likeness (QED) is 0.788. The van der Waals surface area contributed by atoms with Crippen LogP contribution in [0.15, 0.2) is 0 Å². The van der Waals surface area contributed by atoms with Crippen LogP contribution >= 0.6 is 0 Å². The van der Waals surface area contributed by atoms with Gasteiger partial charge in [-0.1, -0.05) is 13.8 Å². The van der Waals surface area contributed by atoms with E-state index < -0.39 is 5.60 Å². The fourth-order valence-electron chi connectivity index (χ4n) is 2.47. The summed E-state index contributed by atoms with van der Waals surface area (Å²) >= 11 is 0. The van der Waals surface area contributed by atoms with E-state index in [0.29, 0.717) is 13.0 Å². The number of nitrogens with one attached hydrogen (secondary N) is 1. The molecule has 4 heteroatoms. The van der Waals surface area contributed by atoms with E-state index in [1.54, 1.807) is 7.11 Å². The van der Waals surface area contributed by atoms with Crippen LogP contribution in [0.3, 0.4) is 0 Å². The van der Waals surface area contributed by atoms with E-state index in [0.717, 1.165) is 31.6 Å². The summed E-state index contributed by atoms with van der Waals surface area (Å²) in [6.07, 6.45) is 4.87. The molecule has 1 aliphatic carbocycles. The Kier molecular flexibility index (Phi) is 5.17. The molecule has 0 bridgehead atoms. The first kappa shape index (κ1) is 15.4. The Morgan fingerprint density at radius 3 is 2.44 bits per heavy atom. The molecular weight excluding hydrogens is 228 g/mol. The summed E-state index contributed by atoms with van der Waals surface area (Å²) < 4.78 is 5.35. The van der Waals surface area contributed by atoms with Crippen molar-refractivity contribution in [3.8, 4) is 0 Å². The van der Waals surface area contributed by atoms with Crippen molar-refractivity contribution in [3.05, 3.63) is 0 Å². The Morgan fingerprint density at radius 1 is 1.50 bits per heavy atom. The maximum atomic E-state index is 12.3. The van der Waals surface area contributed by atoms with Crippen LogP contribution in [-0.4, -0.2) is 30.7 Å². The highest BCUT2D eigenvalue weighted by atomic mass is 16.5. The Bertz CT molecular complexity index is 280. The second kappa shape index (κ2) is 6.02. The number of amides is 1. The molecule has 0 aliphatic heterocycles. The highest BCUT2D eigenvalue weighted by Crippen LogP contribution is 2.32. The molecule has 0 aromatic carbocycles. The second-order valence-electron chi connectivity index (χ2n) is 5.91. The zero-order chi connectivity index (χ0) is 13.8. The minimum Gasteiger partial charge on any atom is -0.369 e. The third kappa shape index (κ3) is 3.23. The third-order valence-corrected chi connectivity index (χ3v) is 4.61. The smallest absolute Gasteiger partial charge is 0.252 e. The van der Waals surface area contributed by atoms with Gasteiger partial charge in [0.2, 0.25) is 0 Å². The molecule has 0 aromatic heterocycles. The Balaban J connectivity index is 2.71. The molecule has 1 amide bonds. The molecule has 0 heterocycles. The van der Waals surface area contributed by atoms with Crippen LogP contribution in [0.2, 0.25) is 0 Å². The van der Waals surface area contributed by atoms with E-state index in [1.807, 2.05) is 13.8 Å². The van der Waals surface area contributed by atoms with Crippen molar-refractivity contribution in [2.75, 3.05) is 13.7 Å². The van der Waals surface area contributed by atoms with Gasteiger partial charge in [0.05, 0.1) is 5.54 Å². The number of methoxy groups -OCH3 is 1. The van der Waals surface area contributed by atoms with Crippen LogP contribution in [-0.2, 0) is 9.53 Å². The maximum absolute atomic E-state index is 12.3. The number of ether oxygens (including phenoxy) is 1. The normalized spacial score (nSPS) is 31.7. The van der Waals surface area contributed by atoms with Crippen LogP contribution in [0.5, 0.6) is 0 Å². The average Bonchev–Trinajstić information content (AvgIpc) is 2.40. The third-order valence-electron chi connectivity index (χ3n) is 4.61. The first-order valence-electron chi connectivity index (χ1n) is 6.99. The molecule has 1 aliphatic rings. The highest BCUT2D eigenvalue weighted by Gasteiger charge is 2.39. The summed E-state index contributed by atoms with van der Waals surface area (Å²) in [5, 5.41) is 3.16. The monoisotopic (exact) mass is 256 g/mol. The topological polar surface area (TPSA) is 64.3 Å². The fraction of sp³-hybridized carbons (Fsp3) is 0.929. The lowest BCUT2D eigenvalue weighted by Crippen LogP contribution is -2.60. The molecule has 106 valence electrons. The Hall–Kier alpha value is -0.610. The van der Waals surface area contributed by atoms with Gasteiger partial charge >= 0.3 is 0 Å². The summed E-state index contributed by atoms with van der Waals surface area (Å²) in [5.41, 5.74) is 4.93. The largest absolute Gasteiger partial charge is 0.369 e. The van der Waals surface area contributed by atoms with Gasteiger partial charge in [-0.3, -0.25) is 4.79 Å². The first-order valence-corrected chi connectivity index (χ1v) is 6.99. The minimum absolute atomic E-state index is 0.0347. The van der Waals surface area contributed by atoms with Crippen molar-refractivity contribution in [1.82, 2.24) is 5.32 Å². The maximum Gasteiger partial charge on any atom is 0.252 e. The van der Waals surface area contributed by atoms with Crippen molar-refractivity contribution < 1.29 is 9.53 Å².